The Morgan fingerprint density at radius 1 is 0.933 bits per heavy atom. The fraction of sp³-hybridized carbons (Fsp3) is 1.00. The van der Waals surface area contributed by atoms with Gasteiger partial charge in [-0.25, -0.2) is 0 Å². The molecular formula is C15H30. The molecule has 0 N–H and O–H groups in total. The highest BCUT2D eigenvalue weighted by Crippen LogP contribution is 2.37. The average Bonchev–Trinajstić information content (AvgIpc) is 2.09. The van der Waals surface area contributed by atoms with Crippen LogP contribution in [0.15, 0.2) is 0 Å². The molecule has 0 aliphatic heterocycles. The van der Waals surface area contributed by atoms with Crippen LogP contribution in [0, 0.1) is 17.3 Å². The number of rotatable bonds is 3. The lowest BCUT2D eigenvalue weighted by molar-refractivity contribution is 0.170. The SMILES string of the molecule is CC(C)C(C)(C)CC1CCCCCCC1. The molecule has 0 unspecified atom stereocenters. The molecule has 0 heteroatoms. The van der Waals surface area contributed by atoms with Gasteiger partial charge in [-0.2, -0.15) is 0 Å². The molecule has 1 aliphatic rings. The number of hydrogen-bond donors (Lipinski definition) is 0. The van der Waals surface area contributed by atoms with Crippen molar-refractivity contribution >= 4 is 0 Å². The minimum absolute atomic E-state index is 0.545. The van der Waals surface area contributed by atoms with E-state index in [9.17, 15) is 0 Å². The van der Waals surface area contributed by atoms with E-state index in [4.69, 9.17) is 0 Å². The van der Waals surface area contributed by atoms with Crippen molar-refractivity contribution in [2.24, 2.45) is 17.3 Å². The Labute approximate surface area is 96.8 Å². The van der Waals surface area contributed by atoms with Crippen LogP contribution in [0.4, 0.5) is 0 Å². The Bertz CT molecular complexity index is 159. The largest absolute Gasteiger partial charge is 0.0623 e. The summed E-state index contributed by atoms with van der Waals surface area (Å²) in [6.45, 7) is 9.67. The second kappa shape index (κ2) is 5.92. The predicted octanol–water partition coefficient (Wildman–Crippen LogP) is 5.42. The van der Waals surface area contributed by atoms with Gasteiger partial charge in [0.15, 0.2) is 0 Å². The van der Waals surface area contributed by atoms with E-state index in [-0.39, 0.29) is 0 Å². The molecule has 0 aromatic heterocycles. The molecular weight excluding hydrogens is 180 g/mol. The van der Waals surface area contributed by atoms with E-state index in [1.807, 2.05) is 0 Å². The highest BCUT2D eigenvalue weighted by atomic mass is 14.3. The maximum Gasteiger partial charge on any atom is -0.0329 e. The first kappa shape index (κ1) is 13.1. The Kier molecular flexibility index (Phi) is 5.15. The highest BCUT2D eigenvalue weighted by molar-refractivity contribution is 4.77. The first-order chi connectivity index (χ1) is 7.02. The average molecular weight is 210 g/mol. The molecule has 0 bridgehead atoms. The van der Waals surface area contributed by atoms with Crippen LogP contribution in [0.2, 0.25) is 0 Å². The van der Waals surface area contributed by atoms with Crippen molar-refractivity contribution in [1.29, 1.82) is 0 Å². The van der Waals surface area contributed by atoms with Gasteiger partial charge in [-0.15, -0.1) is 0 Å². The summed E-state index contributed by atoms with van der Waals surface area (Å²) in [6.07, 6.45) is 11.9. The summed E-state index contributed by atoms with van der Waals surface area (Å²) in [6, 6.07) is 0. The summed E-state index contributed by atoms with van der Waals surface area (Å²) in [5.41, 5.74) is 0.545. The lowest BCUT2D eigenvalue weighted by Crippen LogP contribution is -2.23. The second-order valence-electron chi connectivity index (χ2n) is 6.56. The van der Waals surface area contributed by atoms with Crippen molar-refractivity contribution in [3.05, 3.63) is 0 Å². The lowest BCUT2D eigenvalue weighted by Gasteiger charge is -2.34. The first-order valence-electron chi connectivity index (χ1n) is 7.02. The Hall–Kier alpha value is 0. The van der Waals surface area contributed by atoms with Crippen LogP contribution in [0.1, 0.15) is 79.1 Å². The van der Waals surface area contributed by atoms with Crippen LogP contribution >= 0.6 is 0 Å². The quantitative estimate of drug-likeness (QED) is 0.583. The third-order valence-electron chi connectivity index (χ3n) is 4.60. The molecule has 1 saturated carbocycles. The minimum Gasteiger partial charge on any atom is -0.0623 e. The van der Waals surface area contributed by atoms with Gasteiger partial charge in [-0.3, -0.25) is 0 Å². The van der Waals surface area contributed by atoms with E-state index in [1.165, 1.54) is 51.4 Å². The third kappa shape index (κ3) is 4.57. The Morgan fingerprint density at radius 3 is 1.87 bits per heavy atom. The third-order valence-corrected chi connectivity index (χ3v) is 4.60. The molecule has 1 fully saturated rings. The maximum atomic E-state index is 2.45. The van der Waals surface area contributed by atoms with Gasteiger partial charge in [0.2, 0.25) is 0 Å². The van der Waals surface area contributed by atoms with Gasteiger partial charge in [0, 0.05) is 0 Å². The van der Waals surface area contributed by atoms with Gasteiger partial charge in [-0.05, 0) is 23.7 Å². The zero-order chi connectivity index (χ0) is 11.3. The van der Waals surface area contributed by atoms with Crippen molar-refractivity contribution in [2.45, 2.75) is 79.1 Å². The highest BCUT2D eigenvalue weighted by Gasteiger charge is 2.26. The summed E-state index contributed by atoms with van der Waals surface area (Å²) < 4.78 is 0. The van der Waals surface area contributed by atoms with Crippen LogP contribution in [-0.2, 0) is 0 Å². The molecule has 0 heterocycles. The van der Waals surface area contributed by atoms with Gasteiger partial charge < -0.3 is 0 Å². The summed E-state index contributed by atoms with van der Waals surface area (Å²) in [4.78, 5) is 0. The van der Waals surface area contributed by atoms with Gasteiger partial charge >= 0.3 is 0 Å². The van der Waals surface area contributed by atoms with Gasteiger partial charge in [0.25, 0.3) is 0 Å². The summed E-state index contributed by atoms with van der Waals surface area (Å²) in [7, 11) is 0. The minimum atomic E-state index is 0.545. The fourth-order valence-corrected chi connectivity index (χ4v) is 2.72. The standard InChI is InChI=1S/C15H30/c1-13(2)15(3,4)12-14-10-8-6-5-7-9-11-14/h13-14H,5-12H2,1-4H3. The Balaban J connectivity index is 2.40. The van der Waals surface area contributed by atoms with Crippen molar-refractivity contribution < 1.29 is 0 Å². The van der Waals surface area contributed by atoms with Gasteiger partial charge in [0.05, 0.1) is 0 Å². The molecule has 0 aromatic rings. The van der Waals surface area contributed by atoms with Crippen molar-refractivity contribution in [3.8, 4) is 0 Å². The first-order valence-corrected chi connectivity index (χ1v) is 7.02. The zero-order valence-electron chi connectivity index (χ0n) is 11.3. The van der Waals surface area contributed by atoms with E-state index in [0.29, 0.717) is 5.41 Å². The van der Waals surface area contributed by atoms with Crippen LogP contribution in [0.5, 0.6) is 0 Å². The molecule has 0 spiro atoms. The Morgan fingerprint density at radius 2 is 1.40 bits per heavy atom. The monoisotopic (exact) mass is 210 g/mol. The summed E-state index contributed by atoms with van der Waals surface area (Å²) in [5, 5.41) is 0. The molecule has 0 radical (unpaired) electrons. The van der Waals surface area contributed by atoms with Crippen LogP contribution in [0.25, 0.3) is 0 Å². The molecule has 0 saturated heterocycles. The van der Waals surface area contributed by atoms with E-state index in [0.717, 1.165) is 11.8 Å². The molecule has 0 amide bonds. The number of hydrogen-bond acceptors (Lipinski definition) is 0. The zero-order valence-corrected chi connectivity index (χ0v) is 11.3. The molecule has 0 nitrogen and oxygen atoms in total. The summed E-state index contributed by atoms with van der Waals surface area (Å²) in [5.74, 6) is 1.84. The normalized spacial score (nSPS) is 21.4. The van der Waals surface area contributed by atoms with E-state index in [1.54, 1.807) is 0 Å². The second-order valence-corrected chi connectivity index (χ2v) is 6.56. The summed E-state index contributed by atoms with van der Waals surface area (Å²) >= 11 is 0. The van der Waals surface area contributed by atoms with Crippen LogP contribution in [0.3, 0.4) is 0 Å². The van der Waals surface area contributed by atoms with Gasteiger partial charge in [0.1, 0.15) is 0 Å². The molecule has 0 aromatic carbocycles. The molecule has 0 atom stereocenters. The van der Waals surface area contributed by atoms with Crippen LogP contribution < -0.4 is 0 Å². The van der Waals surface area contributed by atoms with Crippen molar-refractivity contribution in [3.63, 3.8) is 0 Å². The van der Waals surface area contributed by atoms with Crippen LogP contribution in [-0.4, -0.2) is 0 Å². The van der Waals surface area contributed by atoms with E-state index < -0.39 is 0 Å². The van der Waals surface area contributed by atoms with Gasteiger partial charge in [-0.1, -0.05) is 72.6 Å². The molecule has 90 valence electrons. The van der Waals surface area contributed by atoms with E-state index >= 15 is 0 Å². The van der Waals surface area contributed by atoms with E-state index in [2.05, 4.69) is 27.7 Å². The van der Waals surface area contributed by atoms with Crippen molar-refractivity contribution in [1.82, 2.24) is 0 Å². The molecule has 1 aliphatic carbocycles. The topological polar surface area (TPSA) is 0 Å². The lowest BCUT2D eigenvalue weighted by atomic mass is 9.72. The smallest absolute Gasteiger partial charge is 0.0329 e. The fourth-order valence-electron chi connectivity index (χ4n) is 2.72. The molecule has 15 heavy (non-hydrogen) atoms. The molecule has 1 rings (SSSR count). The maximum absolute atomic E-state index is 2.45. The predicted molar refractivity (Wildman–Crippen MR) is 69.0 cm³/mol. The van der Waals surface area contributed by atoms with Crippen molar-refractivity contribution in [2.75, 3.05) is 0 Å².